The number of benzene rings is 2. The molecule has 0 saturated carbocycles. The van der Waals surface area contributed by atoms with Gasteiger partial charge in [-0.2, -0.15) is 4.37 Å². The Kier molecular flexibility index (Phi) is 5.46. The average molecular weight is 384 g/mol. The summed E-state index contributed by atoms with van der Waals surface area (Å²) >= 11 is 1.09. The Morgan fingerprint density at radius 3 is 2.22 bits per heavy atom. The molecule has 0 saturated heterocycles. The Balaban J connectivity index is 1.72. The minimum absolute atomic E-state index is 0.0704. The van der Waals surface area contributed by atoms with Gasteiger partial charge in [0.15, 0.2) is 0 Å². The predicted octanol–water partition coefficient (Wildman–Crippen LogP) is 4.41. The molecule has 1 heterocycles. The quantitative estimate of drug-likeness (QED) is 0.318. The molecule has 0 radical (unpaired) electrons. The van der Waals surface area contributed by atoms with E-state index in [9.17, 15) is 10.2 Å². The second kappa shape index (κ2) is 7.96. The lowest BCUT2D eigenvalue weighted by atomic mass is 10.2. The van der Waals surface area contributed by atoms with Gasteiger partial charge in [-0.3, -0.25) is 5.41 Å². The molecule has 0 aliphatic rings. The SMILES string of the molecule is CC(C)NC(=N)c1c(O)nsc1Nc1ccc(Oc2ccc(O)cc2)cc1. The van der Waals surface area contributed by atoms with Crippen molar-refractivity contribution in [3.63, 3.8) is 0 Å². The summed E-state index contributed by atoms with van der Waals surface area (Å²) in [5.74, 6) is 1.39. The van der Waals surface area contributed by atoms with Gasteiger partial charge in [0.25, 0.3) is 0 Å². The van der Waals surface area contributed by atoms with Gasteiger partial charge in [0, 0.05) is 11.7 Å². The highest BCUT2D eigenvalue weighted by Gasteiger charge is 2.18. The van der Waals surface area contributed by atoms with Crippen LogP contribution in [0.4, 0.5) is 10.7 Å². The average Bonchev–Trinajstić information content (AvgIpc) is 2.98. The van der Waals surface area contributed by atoms with E-state index in [2.05, 4.69) is 15.0 Å². The Morgan fingerprint density at radius 2 is 1.63 bits per heavy atom. The lowest BCUT2D eigenvalue weighted by Gasteiger charge is -2.12. The van der Waals surface area contributed by atoms with Gasteiger partial charge in [-0.1, -0.05) is 0 Å². The Labute approximate surface area is 160 Å². The number of rotatable bonds is 6. The van der Waals surface area contributed by atoms with Gasteiger partial charge in [-0.25, -0.2) is 0 Å². The van der Waals surface area contributed by atoms with Crippen LogP contribution in [-0.2, 0) is 0 Å². The molecule has 140 valence electrons. The number of nitrogens with zero attached hydrogens (tertiary/aromatic N) is 1. The fourth-order valence-corrected chi connectivity index (χ4v) is 3.06. The molecule has 0 bridgehead atoms. The van der Waals surface area contributed by atoms with E-state index in [0.29, 0.717) is 22.1 Å². The van der Waals surface area contributed by atoms with Crippen molar-refractivity contribution in [3.8, 4) is 23.1 Å². The number of hydrogen-bond acceptors (Lipinski definition) is 7. The second-order valence-corrected chi connectivity index (χ2v) is 6.90. The number of anilines is 2. The van der Waals surface area contributed by atoms with Crippen LogP contribution in [0.5, 0.6) is 23.1 Å². The van der Waals surface area contributed by atoms with Crippen LogP contribution in [0.25, 0.3) is 0 Å². The van der Waals surface area contributed by atoms with E-state index in [-0.39, 0.29) is 23.5 Å². The molecule has 0 aliphatic carbocycles. The molecule has 3 aromatic rings. The Morgan fingerprint density at radius 1 is 1.04 bits per heavy atom. The molecular formula is C19H20N4O3S. The summed E-state index contributed by atoms with van der Waals surface area (Å²) < 4.78 is 9.65. The minimum Gasteiger partial charge on any atom is -0.508 e. The minimum atomic E-state index is -0.173. The Bertz CT molecular complexity index is 921. The van der Waals surface area contributed by atoms with Crippen molar-refractivity contribution in [3.05, 3.63) is 54.1 Å². The number of aromatic hydroxyl groups is 2. The van der Waals surface area contributed by atoms with Crippen molar-refractivity contribution < 1.29 is 14.9 Å². The molecule has 0 atom stereocenters. The van der Waals surface area contributed by atoms with Gasteiger partial charge in [0.05, 0.1) is 0 Å². The third-order valence-corrected chi connectivity index (χ3v) is 4.29. The zero-order valence-electron chi connectivity index (χ0n) is 14.9. The first-order valence-electron chi connectivity index (χ1n) is 8.30. The number of amidine groups is 1. The molecule has 1 aromatic heterocycles. The summed E-state index contributed by atoms with van der Waals surface area (Å²) in [4.78, 5) is 0. The van der Waals surface area contributed by atoms with Gasteiger partial charge < -0.3 is 25.6 Å². The fourth-order valence-electron chi connectivity index (χ4n) is 2.34. The molecule has 0 fully saturated rings. The van der Waals surface area contributed by atoms with Crippen LogP contribution in [0.2, 0.25) is 0 Å². The standard InChI is InChI=1S/C19H20N4O3S/c1-11(2)21-17(20)16-18(25)23-27-19(16)22-12-3-7-14(8-4-12)26-15-9-5-13(24)6-10-15/h3-11,22,24H,1-2H3,(H2,20,21)(H,23,25). The molecule has 27 heavy (non-hydrogen) atoms. The number of nitrogens with one attached hydrogen (secondary N) is 3. The number of phenolic OH excluding ortho intramolecular Hbond substituents is 1. The third kappa shape index (κ3) is 4.68. The number of phenols is 1. The maximum Gasteiger partial charge on any atom is 0.236 e. The van der Waals surface area contributed by atoms with E-state index in [1.165, 1.54) is 0 Å². The van der Waals surface area contributed by atoms with Gasteiger partial charge in [0.1, 0.15) is 33.6 Å². The van der Waals surface area contributed by atoms with Gasteiger partial charge in [-0.15, -0.1) is 0 Å². The molecule has 5 N–H and O–H groups in total. The van der Waals surface area contributed by atoms with Crippen molar-refractivity contribution in [2.75, 3.05) is 5.32 Å². The molecule has 3 rings (SSSR count). The zero-order chi connectivity index (χ0) is 19.4. The van der Waals surface area contributed by atoms with Crippen molar-refractivity contribution >= 4 is 28.1 Å². The molecule has 0 aliphatic heterocycles. The Hall–Kier alpha value is -3.26. The van der Waals surface area contributed by atoms with E-state index in [0.717, 1.165) is 17.2 Å². The van der Waals surface area contributed by atoms with Crippen LogP contribution >= 0.6 is 11.5 Å². The van der Waals surface area contributed by atoms with Crippen molar-refractivity contribution in [1.82, 2.24) is 9.69 Å². The van der Waals surface area contributed by atoms with Crippen LogP contribution < -0.4 is 15.4 Å². The number of ether oxygens (including phenoxy) is 1. The first-order chi connectivity index (χ1) is 12.9. The summed E-state index contributed by atoms with van der Waals surface area (Å²) in [6.07, 6.45) is 0. The monoisotopic (exact) mass is 384 g/mol. The molecule has 0 amide bonds. The largest absolute Gasteiger partial charge is 0.508 e. The topological polar surface area (TPSA) is 110 Å². The summed E-state index contributed by atoms with van der Waals surface area (Å²) in [5.41, 5.74) is 1.12. The first-order valence-corrected chi connectivity index (χ1v) is 9.08. The summed E-state index contributed by atoms with van der Waals surface area (Å²) in [7, 11) is 0. The fraction of sp³-hybridized carbons (Fsp3) is 0.158. The lowest BCUT2D eigenvalue weighted by Crippen LogP contribution is -2.30. The van der Waals surface area contributed by atoms with Crippen molar-refractivity contribution in [2.24, 2.45) is 0 Å². The summed E-state index contributed by atoms with van der Waals surface area (Å²) in [6, 6.07) is 13.8. The highest BCUT2D eigenvalue weighted by molar-refractivity contribution is 7.11. The van der Waals surface area contributed by atoms with Crippen LogP contribution in [0.3, 0.4) is 0 Å². The van der Waals surface area contributed by atoms with E-state index in [1.54, 1.807) is 36.4 Å². The normalized spacial score (nSPS) is 10.6. The smallest absolute Gasteiger partial charge is 0.236 e. The molecule has 8 heteroatoms. The van der Waals surface area contributed by atoms with E-state index in [4.69, 9.17) is 10.1 Å². The molecular weight excluding hydrogens is 364 g/mol. The first kappa shape index (κ1) is 18.5. The van der Waals surface area contributed by atoms with Crippen LogP contribution in [0, 0.1) is 5.41 Å². The highest BCUT2D eigenvalue weighted by atomic mass is 32.1. The zero-order valence-corrected chi connectivity index (χ0v) is 15.7. The van der Waals surface area contributed by atoms with Crippen molar-refractivity contribution in [1.29, 1.82) is 5.41 Å². The summed E-state index contributed by atoms with van der Waals surface area (Å²) in [5, 5.41) is 34.1. The van der Waals surface area contributed by atoms with Gasteiger partial charge in [-0.05, 0) is 73.9 Å². The predicted molar refractivity (Wildman–Crippen MR) is 107 cm³/mol. The van der Waals surface area contributed by atoms with Gasteiger partial charge in [0.2, 0.25) is 5.88 Å². The van der Waals surface area contributed by atoms with Gasteiger partial charge >= 0.3 is 0 Å². The van der Waals surface area contributed by atoms with E-state index in [1.807, 2.05) is 26.0 Å². The summed E-state index contributed by atoms with van der Waals surface area (Å²) in [6.45, 7) is 3.84. The number of hydrogen-bond donors (Lipinski definition) is 5. The van der Waals surface area contributed by atoms with E-state index < -0.39 is 0 Å². The highest BCUT2D eigenvalue weighted by Crippen LogP contribution is 2.33. The molecule has 7 nitrogen and oxygen atoms in total. The second-order valence-electron chi connectivity index (χ2n) is 6.13. The molecule has 0 spiro atoms. The molecule has 0 unspecified atom stereocenters. The number of aromatic nitrogens is 1. The van der Waals surface area contributed by atoms with E-state index >= 15 is 0 Å². The van der Waals surface area contributed by atoms with Crippen LogP contribution in [0.15, 0.2) is 48.5 Å². The van der Waals surface area contributed by atoms with Crippen LogP contribution in [0.1, 0.15) is 19.4 Å². The lowest BCUT2D eigenvalue weighted by molar-refractivity contribution is 0.458. The van der Waals surface area contributed by atoms with Crippen molar-refractivity contribution in [2.45, 2.75) is 19.9 Å². The third-order valence-electron chi connectivity index (χ3n) is 3.54. The van der Waals surface area contributed by atoms with Crippen LogP contribution in [-0.4, -0.2) is 26.5 Å². The maximum absolute atomic E-state index is 9.96. The molecule has 2 aromatic carbocycles. The maximum atomic E-state index is 9.96.